The summed E-state index contributed by atoms with van der Waals surface area (Å²) in [6.45, 7) is 0. The van der Waals surface area contributed by atoms with Crippen LogP contribution in [0.3, 0.4) is 0 Å². The quantitative estimate of drug-likeness (QED) is 0.894. The average molecular weight is 269 g/mol. The van der Waals surface area contributed by atoms with Gasteiger partial charge < -0.3 is 10.6 Å². The van der Waals surface area contributed by atoms with Crippen molar-refractivity contribution in [2.45, 2.75) is 0 Å². The molecule has 2 N–H and O–H groups in total. The second-order valence-corrected chi connectivity index (χ2v) is 4.05. The highest BCUT2D eigenvalue weighted by Gasteiger charge is 2.05. The van der Waals surface area contributed by atoms with Crippen LogP contribution < -0.4 is 10.6 Å². The first kappa shape index (κ1) is 12.0. The third-order valence-corrected chi connectivity index (χ3v) is 2.92. The molecule has 0 amide bonds. The van der Waals surface area contributed by atoms with Crippen LogP contribution in [0.15, 0.2) is 30.6 Å². The fourth-order valence-electron chi connectivity index (χ4n) is 1.28. The van der Waals surface area contributed by atoms with Crippen LogP contribution in [0.2, 0.25) is 10.0 Å². The molecule has 0 saturated heterocycles. The highest BCUT2D eigenvalue weighted by molar-refractivity contribution is 6.43. The van der Waals surface area contributed by atoms with Crippen molar-refractivity contribution < 1.29 is 0 Å². The van der Waals surface area contributed by atoms with Crippen molar-refractivity contribution in [3.8, 4) is 0 Å². The van der Waals surface area contributed by atoms with Gasteiger partial charge in [-0.3, -0.25) is 4.98 Å². The van der Waals surface area contributed by atoms with Crippen molar-refractivity contribution in [1.29, 1.82) is 0 Å². The third kappa shape index (κ3) is 2.78. The molecule has 0 aliphatic carbocycles. The van der Waals surface area contributed by atoms with E-state index in [1.807, 2.05) is 12.1 Å². The highest BCUT2D eigenvalue weighted by Crippen LogP contribution is 2.31. The number of hydrogen-bond donors (Lipinski definition) is 2. The van der Waals surface area contributed by atoms with Gasteiger partial charge >= 0.3 is 0 Å². The lowest BCUT2D eigenvalue weighted by atomic mass is 10.3. The first-order chi connectivity index (χ1) is 8.20. The Morgan fingerprint density at radius 1 is 1.12 bits per heavy atom. The van der Waals surface area contributed by atoms with Crippen molar-refractivity contribution in [3.63, 3.8) is 0 Å². The van der Waals surface area contributed by atoms with E-state index in [0.29, 0.717) is 27.4 Å². The van der Waals surface area contributed by atoms with E-state index in [0.717, 1.165) is 0 Å². The number of hydrogen-bond acceptors (Lipinski definition) is 4. The number of nitrogens with one attached hydrogen (secondary N) is 2. The summed E-state index contributed by atoms with van der Waals surface area (Å²) in [7, 11) is 1.78. The molecule has 0 unspecified atom stereocenters. The Bertz CT molecular complexity index is 531. The molecule has 17 heavy (non-hydrogen) atoms. The van der Waals surface area contributed by atoms with Gasteiger partial charge in [0.25, 0.3) is 0 Å². The van der Waals surface area contributed by atoms with E-state index in [2.05, 4.69) is 20.6 Å². The Labute approximate surface area is 109 Å². The van der Waals surface area contributed by atoms with Crippen LogP contribution >= 0.6 is 23.2 Å². The molecule has 6 heteroatoms. The number of halogens is 2. The van der Waals surface area contributed by atoms with Gasteiger partial charge in [0.05, 0.1) is 28.1 Å². The molecule has 0 spiro atoms. The van der Waals surface area contributed by atoms with Gasteiger partial charge in [-0.15, -0.1) is 0 Å². The van der Waals surface area contributed by atoms with Crippen molar-refractivity contribution in [2.75, 3.05) is 17.7 Å². The van der Waals surface area contributed by atoms with E-state index in [-0.39, 0.29) is 0 Å². The molecule has 0 saturated carbocycles. The molecule has 1 heterocycles. The summed E-state index contributed by atoms with van der Waals surface area (Å²) >= 11 is 12.0. The molecule has 0 fully saturated rings. The maximum Gasteiger partial charge on any atom is 0.151 e. The zero-order valence-electron chi connectivity index (χ0n) is 9.04. The average Bonchev–Trinajstić information content (AvgIpc) is 2.35. The number of rotatable bonds is 3. The smallest absolute Gasteiger partial charge is 0.151 e. The molecule has 0 bridgehead atoms. The van der Waals surface area contributed by atoms with Gasteiger partial charge in [-0.25, -0.2) is 4.98 Å². The summed E-state index contributed by atoms with van der Waals surface area (Å²) in [6.07, 6.45) is 3.24. The third-order valence-electron chi connectivity index (χ3n) is 2.11. The largest absolute Gasteiger partial charge is 0.372 e. The number of aromatic nitrogens is 2. The van der Waals surface area contributed by atoms with Crippen molar-refractivity contribution in [2.24, 2.45) is 0 Å². The molecule has 2 aromatic rings. The van der Waals surface area contributed by atoms with Crippen LogP contribution in [0, 0.1) is 0 Å². The minimum atomic E-state index is 0.464. The molecule has 4 nitrogen and oxygen atoms in total. The van der Waals surface area contributed by atoms with Crippen LogP contribution in [-0.2, 0) is 0 Å². The normalized spacial score (nSPS) is 10.1. The van der Waals surface area contributed by atoms with Gasteiger partial charge in [-0.2, -0.15) is 0 Å². The van der Waals surface area contributed by atoms with Crippen LogP contribution in [0.1, 0.15) is 0 Å². The number of nitrogens with zero attached hydrogens (tertiary/aromatic N) is 2. The SMILES string of the molecule is CNc1cncc(Nc2cccc(Cl)c2Cl)n1. The van der Waals surface area contributed by atoms with Gasteiger partial charge in [-0.05, 0) is 12.1 Å². The van der Waals surface area contributed by atoms with E-state index < -0.39 is 0 Å². The van der Waals surface area contributed by atoms with Crippen LogP contribution in [-0.4, -0.2) is 17.0 Å². The Hall–Kier alpha value is -1.52. The van der Waals surface area contributed by atoms with Crippen molar-refractivity contribution >= 4 is 40.5 Å². The molecule has 0 aliphatic heterocycles. The lowest BCUT2D eigenvalue weighted by Gasteiger charge is -2.09. The summed E-state index contributed by atoms with van der Waals surface area (Å²) in [4.78, 5) is 8.31. The van der Waals surface area contributed by atoms with E-state index in [9.17, 15) is 0 Å². The molecule has 0 aliphatic rings. The van der Waals surface area contributed by atoms with Crippen molar-refractivity contribution in [1.82, 2.24) is 9.97 Å². The lowest BCUT2D eigenvalue weighted by Crippen LogP contribution is -1.99. The summed E-state index contributed by atoms with van der Waals surface area (Å²) in [5, 5.41) is 6.92. The molecular formula is C11H10Cl2N4. The molecule has 1 aromatic carbocycles. The zero-order chi connectivity index (χ0) is 12.3. The fraction of sp³-hybridized carbons (Fsp3) is 0.0909. The van der Waals surface area contributed by atoms with E-state index >= 15 is 0 Å². The molecule has 88 valence electrons. The van der Waals surface area contributed by atoms with Crippen LogP contribution in [0.25, 0.3) is 0 Å². The topological polar surface area (TPSA) is 49.8 Å². The Kier molecular flexibility index (Phi) is 3.66. The monoisotopic (exact) mass is 268 g/mol. The molecule has 0 radical (unpaired) electrons. The molecular weight excluding hydrogens is 259 g/mol. The minimum Gasteiger partial charge on any atom is -0.372 e. The Morgan fingerprint density at radius 3 is 2.65 bits per heavy atom. The van der Waals surface area contributed by atoms with Gasteiger partial charge in [0.15, 0.2) is 5.82 Å². The van der Waals surface area contributed by atoms with E-state index in [1.54, 1.807) is 25.5 Å². The number of anilines is 3. The van der Waals surface area contributed by atoms with Crippen molar-refractivity contribution in [3.05, 3.63) is 40.6 Å². The maximum absolute atomic E-state index is 6.06. The molecule has 0 atom stereocenters. The standard InChI is InChI=1S/C11H10Cl2N4/c1-14-9-5-15-6-10(17-9)16-8-4-2-3-7(12)11(8)13/h2-6H,1H3,(H2,14,16,17). The molecule has 2 rings (SSSR count). The molecule has 1 aromatic heterocycles. The predicted octanol–water partition coefficient (Wildman–Crippen LogP) is 3.57. The van der Waals surface area contributed by atoms with Gasteiger partial charge in [0.2, 0.25) is 0 Å². The zero-order valence-corrected chi connectivity index (χ0v) is 10.5. The minimum absolute atomic E-state index is 0.464. The van der Waals surface area contributed by atoms with E-state index in [4.69, 9.17) is 23.2 Å². The van der Waals surface area contributed by atoms with Crippen LogP contribution in [0.4, 0.5) is 17.3 Å². The second kappa shape index (κ2) is 5.21. The first-order valence-electron chi connectivity index (χ1n) is 4.91. The summed E-state index contributed by atoms with van der Waals surface area (Å²) < 4.78 is 0. The van der Waals surface area contributed by atoms with E-state index in [1.165, 1.54) is 0 Å². The highest BCUT2D eigenvalue weighted by atomic mass is 35.5. The summed E-state index contributed by atoms with van der Waals surface area (Å²) in [5.41, 5.74) is 0.696. The van der Waals surface area contributed by atoms with Crippen LogP contribution in [0.5, 0.6) is 0 Å². The predicted molar refractivity (Wildman–Crippen MR) is 71.3 cm³/mol. The van der Waals surface area contributed by atoms with Gasteiger partial charge in [-0.1, -0.05) is 29.3 Å². The van der Waals surface area contributed by atoms with Gasteiger partial charge in [0.1, 0.15) is 5.82 Å². The second-order valence-electron chi connectivity index (χ2n) is 3.27. The summed E-state index contributed by atoms with van der Waals surface area (Å²) in [6, 6.07) is 5.36. The van der Waals surface area contributed by atoms with Gasteiger partial charge in [0, 0.05) is 7.05 Å². The number of benzene rings is 1. The fourth-order valence-corrected chi connectivity index (χ4v) is 1.63. The maximum atomic E-state index is 6.06. The Balaban J connectivity index is 2.28. The first-order valence-corrected chi connectivity index (χ1v) is 5.67. The lowest BCUT2D eigenvalue weighted by molar-refractivity contribution is 1.18. The Morgan fingerprint density at radius 2 is 1.88 bits per heavy atom. The summed E-state index contributed by atoms with van der Waals surface area (Å²) in [5.74, 6) is 1.27.